The van der Waals surface area contributed by atoms with Gasteiger partial charge in [0.2, 0.25) is 11.8 Å². The van der Waals surface area contributed by atoms with Crippen LogP contribution in [0.1, 0.15) is 31.2 Å². The van der Waals surface area contributed by atoms with Crippen LogP contribution in [0.3, 0.4) is 0 Å². The molecule has 1 fully saturated rings. The van der Waals surface area contributed by atoms with Crippen molar-refractivity contribution >= 4 is 0 Å². The summed E-state index contributed by atoms with van der Waals surface area (Å²) in [6.45, 7) is 1.02. The van der Waals surface area contributed by atoms with Crippen molar-refractivity contribution in [3.05, 3.63) is 30.2 Å². The van der Waals surface area contributed by atoms with Gasteiger partial charge in [-0.2, -0.15) is 0 Å². The smallest absolute Gasteiger partial charge is 0.247 e. The lowest BCUT2D eigenvalue weighted by molar-refractivity contribution is 0.342. The van der Waals surface area contributed by atoms with Gasteiger partial charge in [0.25, 0.3) is 0 Å². The first-order valence-corrected chi connectivity index (χ1v) is 6.58. The fraction of sp³-hybridized carbons (Fsp3) is 0.429. The molecule has 0 aliphatic carbocycles. The van der Waals surface area contributed by atoms with Gasteiger partial charge in [-0.3, -0.25) is 0 Å². The standard InChI is InChI=1S/C14H17N3O2/c1-18-11-6-4-5-10(9-11)13-16-17-14(19-13)12-7-2-3-8-15-12/h4-6,9,12,15H,2-3,7-8H2,1H3. The Bertz CT molecular complexity index is 547. The van der Waals surface area contributed by atoms with Gasteiger partial charge in [0, 0.05) is 5.56 Å². The van der Waals surface area contributed by atoms with E-state index in [0.717, 1.165) is 24.3 Å². The summed E-state index contributed by atoms with van der Waals surface area (Å²) in [4.78, 5) is 0. The Labute approximate surface area is 112 Å². The van der Waals surface area contributed by atoms with Crippen molar-refractivity contribution in [3.8, 4) is 17.2 Å². The summed E-state index contributed by atoms with van der Waals surface area (Å²) >= 11 is 0. The fourth-order valence-corrected chi connectivity index (χ4v) is 2.31. The summed E-state index contributed by atoms with van der Waals surface area (Å²) < 4.78 is 11.0. The lowest BCUT2D eigenvalue weighted by atomic mass is 10.1. The van der Waals surface area contributed by atoms with E-state index in [-0.39, 0.29) is 6.04 Å². The highest BCUT2D eigenvalue weighted by Gasteiger charge is 2.21. The largest absolute Gasteiger partial charge is 0.497 e. The zero-order valence-electron chi connectivity index (χ0n) is 10.9. The van der Waals surface area contributed by atoms with Gasteiger partial charge in [-0.15, -0.1) is 10.2 Å². The van der Waals surface area contributed by atoms with E-state index >= 15 is 0 Å². The van der Waals surface area contributed by atoms with E-state index in [4.69, 9.17) is 9.15 Å². The molecule has 3 rings (SSSR count). The predicted octanol–water partition coefficient (Wildman–Crippen LogP) is 2.56. The van der Waals surface area contributed by atoms with Crippen LogP contribution < -0.4 is 10.1 Å². The second-order valence-electron chi connectivity index (χ2n) is 4.68. The normalized spacial score (nSPS) is 19.3. The van der Waals surface area contributed by atoms with Crippen molar-refractivity contribution < 1.29 is 9.15 Å². The summed E-state index contributed by atoms with van der Waals surface area (Å²) in [5, 5.41) is 11.7. The lowest BCUT2D eigenvalue weighted by Gasteiger charge is -2.19. The van der Waals surface area contributed by atoms with Crippen LogP contribution in [0, 0.1) is 0 Å². The molecule has 2 heterocycles. The second kappa shape index (κ2) is 5.40. The number of hydrogen-bond acceptors (Lipinski definition) is 5. The van der Waals surface area contributed by atoms with Crippen molar-refractivity contribution in [1.82, 2.24) is 15.5 Å². The van der Waals surface area contributed by atoms with E-state index in [1.54, 1.807) is 7.11 Å². The van der Waals surface area contributed by atoms with Crippen LogP contribution in [0.15, 0.2) is 28.7 Å². The predicted molar refractivity (Wildman–Crippen MR) is 70.9 cm³/mol. The lowest BCUT2D eigenvalue weighted by Crippen LogP contribution is -2.26. The first-order chi connectivity index (χ1) is 9.36. The molecule has 5 heteroatoms. The molecule has 100 valence electrons. The van der Waals surface area contributed by atoms with E-state index in [1.807, 2.05) is 24.3 Å². The Morgan fingerprint density at radius 1 is 1.32 bits per heavy atom. The molecule has 0 amide bonds. The van der Waals surface area contributed by atoms with Gasteiger partial charge in [-0.1, -0.05) is 12.5 Å². The number of nitrogens with zero attached hydrogens (tertiary/aromatic N) is 2. The Kier molecular flexibility index (Phi) is 3.46. The zero-order chi connectivity index (χ0) is 13.1. The Balaban J connectivity index is 1.83. The Morgan fingerprint density at radius 3 is 3.05 bits per heavy atom. The topological polar surface area (TPSA) is 60.2 Å². The number of methoxy groups -OCH3 is 1. The molecule has 1 unspecified atom stereocenters. The van der Waals surface area contributed by atoms with E-state index in [9.17, 15) is 0 Å². The van der Waals surface area contributed by atoms with Crippen molar-refractivity contribution in [2.24, 2.45) is 0 Å². The van der Waals surface area contributed by atoms with E-state index in [2.05, 4.69) is 15.5 Å². The van der Waals surface area contributed by atoms with Gasteiger partial charge >= 0.3 is 0 Å². The molecular weight excluding hydrogens is 242 g/mol. The third-order valence-electron chi connectivity index (χ3n) is 3.37. The number of hydrogen-bond donors (Lipinski definition) is 1. The molecule has 1 saturated heterocycles. The molecule has 0 saturated carbocycles. The average molecular weight is 259 g/mol. The van der Waals surface area contributed by atoms with Gasteiger partial charge in [0.1, 0.15) is 5.75 Å². The molecule has 0 spiro atoms. The second-order valence-corrected chi connectivity index (χ2v) is 4.68. The van der Waals surface area contributed by atoms with Gasteiger partial charge in [0.05, 0.1) is 13.2 Å². The minimum atomic E-state index is 0.195. The minimum absolute atomic E-state index is 0.195. The van der Waals surface area contributed by atoms with Crippen molar-refractivity contribution in [3.63, 3.8) is 0 Å². The van der Waals surface area contributed by atoms with Crippen molar-refractivity contribution in [2.75, 3.05) is 13.7 Å². The van der Waals surface area contributed by atoms with Crippen LogP contribution >= 0.6 is 0 Å². The highest BCUT2D eigenvalue weighted by Crippen LogP contribution is 2.27. The number of ether oxygens (including phenoxy) is 1. The molecular formula is C14H17N3O2. The molecule has 0 radical (unpaired) electrons. The quantitative estimate of drug-likeness (QED) is 0.918. The minimum Gasteiger partial charge on any atom is -0.497 e. The monoisotopic (exact) mass is 259 g/mol. The number of nitrogens with one attached hydrogen (secondary N) is 1. The highest BCUT2D eigenvalue weighted by atomic mass is 16.5. The van der Waals surface area contributed by atoms with Gasteiger partial charge < -0.3 is 14.5 Å². The van der Waals surface area contributed by atoms with Crippen molar-refractivity contribution in [1.29, 1.82) is 0 Å². The maximum Gasteiger partial charge on any atom is 0.247 e. The summed E-state index contributed by atoms with van der Waals surface area (Å²) in [5.74, 6) is 2.01. The molecule has 1 aromatic carbocycles. The van der Waals surface area contributed by atoms with Gasteiger partial charge in [0.15, 0.2) is 0 Å². The first kappa shape index (κ1) is 12.2. The maximum atomic E-state index is 5.77. The molecule has 5 nitrogen and oxygen atoms in total. The molecule has 1 aliphatic heterocycles. The molecule has 1 atom stereocenters. The molecule has 0 bridgehead atoms. The average Bonchev–Trinajstić information content (AvgIpc) is 2.98. The number of rotatable bonds is 3. The molecule has 2 aromatic rings. The van der Waals surface area contributed by atoms with Crippen LogP contribution in [0.4, 0.5) is 0 Å². The van der Waals surface area contributed by atoms with Crippen LogP contribution in [0.5, 0.6) is 5.75 Å². The van der Waals surface area contributed by atoms with Crippen LogP contribution in [-0.2, 0) is 0 Å². The van der Waals surface area contributed by atoms with Crippen LogP contribution in [0.25, 0.3) is 11.5 Å². The summed E-state index contributed by atoms with van der Waals surface area (Å²) in [6.07, 6.45) is 3.47. The summed E-state index contributed by atoms with van der Waals surface area (Å²) in [6, 6.07) is 7.83. The SMILES string of the molecule is COc1cccc(-c2nnc(C3CCCCN3)o2)c1. The third-order valence-corrected chi connectivity index (χ3v) is 3.37. The molecule has 1 N–H and O–H groups in total. The maximum absolute atomic E-state index is 5.77. The van der Waals surface area contributed by atoms with Gasteiger partial charge in [-0.25, -0.2) is 0 Å². The number of aromatic nitrogens is 2. The van der Waals surface area contributed by atoms with Crippen molar-refractivity contribution in [2.45, 2.75) is 25.3 Å². The first-order valence-electron chi connectivity index (χ1n) is 6.58. The highest BCUT2D eigenvalue weighted by molar-refractivity contribution is 5.55. The number of piperidine rings is 1. The summed E-state index contributed by atoms with van der Waals surface area (Å²) in [5.41, 5.74) is 0.883. The zero-order valence-corrected chi connectivity index (χ0v) is 10.9. The molecule has 1 aliphatic rings. The molecule has 1 aromatic heterocycles. The summed E-state index contributed by atoms with van der Waals surface area (Å²) in [7, 11) is 1.64. The van der Waals surface area contributed by atoms with Crippen LogP contribution in [0.2, 0.25) is 0 Å². The number of benzene rings is 1. The van der Waals surface area contributed by atoms with E-state index in [0.29, 0.717) is 11.8 Å². The Hall–Kier alpha value is -1.88. The third kappa shape index (κ3) is 2.61. The van der Waals surface area contributed by atoms with Crippen LogP contribution in [-0.4, -0.2) is 23.9 Å². The van der Waals surface area contributed by atoms with E-state index in [1.165, 1.54) is 12.8 Å². The van der Waals surface area contributed by atoms with Gasteiger partial charge in [-0.05, 0) is 37.6 Å². The fourth-order valence-electron chi connectivity index (χ4n) is 2.31. The molecule has 19 heavy (non-hydrogen) atoms. The van der Waals surface area contributed by atoms with E-state index < -0.39 is 0 Å². The Morgan fingerprint density at radius 2 is 2.26 bits per heavy atom.